The number of carbonyl (C=O) groups is 3. The molecular weight excluding hydrogens is 949 g/mol. The molecule has 1 atom stereocenters. The second kappa shape index (κ2) is 65.6. The first-order valence-corrected chi connectivity index (χ1v) is 33.8. The maximum atomic E-state index is 12.9. The molecule has 6 heteroatoms. The van der Waals surface area contributed by atoms with E-state index in [1.807, 2.05) is 0 Å². The maximum absolute atomic E-state index is 12.9. The van der Waals surface area contributed by atoms with Crippen molar-refractivity contribution in [1.82, 2.24) is 0 Å². The smallest absolute Gasteiger partial charge is 0.306 e. The second-order valence-electron chi connectivity index (χ2n) is 22.7. The molecule has 0 heterocycles. The van der Waals surface area contributed by atoms with Crippen LogP contribution in [0, 0.1) is 0 Å². The van der Waals surface area contributed by atoms with Crippen LogP contribution in [0.25, 0.3) is 0 Å². The van der Waals surface area contributed by atoms with Crippen molar-refractivity contribution >= 4 is 17.9 Å². The third-order valence-corrected chi connectivity index (χ3v) is 15.0. The zero-order chi connectivity index (χ0) is 55.7. The number of allylic oxidation sites excluding steroid dienone is 10. The highest BCUT2D eigenvalue weighted by Gasteiger charge is 2.19. The van der Waals surface area contributed by atoms with E-state index in [1.54, 1.807) is 0 Å². The van der Waals surface area contributed by atoms with Crippen LogP contribution in [-0.4, -0.2) is 37.2 Å². The van der Waals surface area contributed by atoms with Gasteiger partial charge in [-0.05, 0) is 83.5 Å². The highest BCUT2D eigenvalue weighted by Crippen LogP contribution is 2.18. The largest absolute Gasteiger partial charge is 0.462 e. The van der Waals surface area contributed by atoms with E-state index in [2.05, 4.69) is 81.5 Å². The summed E-state index contributed by atoms with van der Waals surface area (Å²) in [6.07, 6.45) is 83.7. The molecule has 6 nitrogen and oxygen atoms in total. The third kappa shape index (κ3) is 63.8. The Morgan fingerprint density at radius 2 is 0.506 bits per heavy atom. The number of esters is 3. The average Bonchev–Trinajstić information content (AvgIpc) is 3.43. The molecule has 0 amide bonds. The van der Waals surface area contributed by atoms with E-state index in [-0.39, 0.29) is 31.1 Å². The van der Waals surface area contributed by atoms with Gasteiger partial charge >= 0.3 is 17.9 Å². The Kier molecular flexibility index (Phi) is 63.2. The summed E-state index contributed by atoms with van der Waals surface area (Å²) in [5.41, 5.74) is 0. The van der Waals surface area contributed by atoms with Gasteiger partial charge < -0.3 is 14.2 Å². The van der Waals surface area contributed by atoms with Gasteiger partial charge in [-0.25, -0.2) is 0 Å². The van der Waals surface area contributed by atoms with Crippen molar-refractivity contribution in [3.63, 3.8) is 0 Å². The van der Waals surface area contributed by atoms with E-state index in [4.69, 9.17) is 14.2 Å². The lowest BCUT2D eigenvalue weighted by Crippen LogP contribution is -2.30. The molecule has 0 aromatic carbocycles. The molecule has 0 rings (SSSR count). The fourth-order valence-electron chi connectivity index (χ4n) is 9.96. The van der Waals surface area contributed by atoms with E-state index >= 15 is 0 Å². The van der Waals surface area contributed by atoms with Gasteiger partial charge in [0.25, 0.3) is 0 Å². The van der Waals surface area contributed by atoms with Gasteiger partial charge in [0.05, 0.1) is 0 Å². The molecule has 0 aromatic rings. The Balaban J connectivity index is 4.36. The summed E-state index contributed by atoms with van der Waals surface area (Å²) in [6.45, 7) is 6.58. The molecular formula is C71H128O6. The van der Waals surface area contributed by atoms with Crippen molar-refractivity contribution in [2.75, 3.05) is 13.2 Å². The molecule has 0 saturated heterocycles. The lowest BCUT2D eigenvalue weighted by Gasteiger charge is -2.18. The molecule has 0 radical (unpaired) electrons. The Labute approximate surface area is 479 Å². The first kappa shape index (κ1) is 74.1. The zero-order valence-electron chi connectivity index (χ0n) is 51.5. The molecule has 1 unspecified atom stereocenters. The lowest BCUT2D eigenvalue weighted by atomic mass is 10.0. The van der Waals surface area contributed by atoms with E-state index in [1.165, 1.54) is 225 Å². The van der Waals surface area contributed by atoms with Crippen LogP contribution in [0.1, 0.15) is 355 Å². The molecule has 0 N–H and O–H groups in total. The van der Waals surface area contributed by atoms with Crippen molar-refractivity contribution in [3.8, 4) is 0 Å². The van der Waals surface area contributed by atoms with Crippen molar-refractivity contribution in [2.45, 2.75) is 361 Å². The van der Waals surface area contributed by atoms with E-state index in [0.29, 0.717) is 19.3 Å². The maximum Gasteiger partial charge on any atom is 0.306 e. The molecule has 448 valence electrons. The summed E-state index contributed by atoms with van der Waals surface area (Å²) in [4.78, 5) is 38.4. The van der Waals surface area contributed by atoms with Gasteiger partial charge in [-0.15, -0.1) is 0 Å². The van der Waals surface area contributed by atoms with Crippen LogP contribution in [0.3, 0.4) is 0 Å². The van der Waals surface area contributed by atoms with Crippen LogP contribution in [0.5, 0.6) is 0 Å². The molecule has 0 aliphatic carbocycles. The summed E-state index contributed by atoms with van der Waals surface area (Å²) < 4.78 is 17.0. The van der Waals surface area contributed by atoms with E-state index in [9.17, 15) is 14.4 Å². The van der Waals surface area contributed by atoms with Gasteiger partial charge in [-0.3, -0.25) is 14.4 Å². The van der Waals surface area contributed by atoms with Gasteiger partial charge in [0.2, 0.25) is 0 Å². The van der Waals surface area contributed by atoms with E-state index in [0.717, 1.165) is 89.9 Å². The van der Waals surface area contributed by atoms with Crippen LogP contribution in [0.15, 0.2) is 60.8 Å². The van der Waals surface area contributed by atoms with Crippen LogP contribution >= 0.6 is 0 Å². The number of carbonyl (C=O) groups excluding carboxylic acids is 3. The molecule has 0 aliphatic rings. The summed E-state index contributed by atoms with van der Waals surface area (Å²) >= 11 is 0. The molecule has 77 heavy (non-hydrogen) atoms. The first-order valence-electron chi connectivity index (χ1n) is 33.8. The van der Waals surface area contributed by atoms with Gasteiger partial charge in [0.1, 0.15) is 13.2 Å². The van der Waals surface area contributed by atoms with Gasteiger partial charge in [0.15, 0.2) is 6.10 Å². The molecule has 0 saturated carbocycles. The van der Waals surface area contributed by atoms with Crippen LogP contribution in [0.4, 0.5) is 0 Å². The van der Waals surface area contributed by atoms with Crippen molar-refractivity contribution < 1.29 is 28.6 Å². The number of hydrogen-bond acceptors (Lipinski definition) is 6. The molecule has 0 fully saturated rings. The number of rotatable bonds is 62. The van der Waals surface area contributed by atoms with Gasteiger partial charge in [-0.2, -0.15) is 0 Å². The third-order valence-electron chi connectivity index (χ3n) is 15.0. The number of hydrogen-bond donors (Lipinski definition) is 0. The summed E-state index contributed by atoms with van der Waals surface area (Å²) in [6, 6.07) is 0. The summed E-state index contributed by atoms with van der Waals surface area (Å²) in [5.74, 6) is -0.864. The molecule has 0 aromatic heterocycles. The van der Waals surface area contributed by atoms with Crippen molar-refractivity contribution in [1.29, 1.82) is 0 Å². The van der Waals surface area contributed by atoms with Gasteiger partial charge in [-0.1, -0.05) is 313 Å². The van der Waals surface area contributed by atoms with Crippen molar-refractivity contribution in [2.24, 2.45) is 0 Å². The zero-order valence-corrected chi connectivity index (χ0v) is 51.5. The second-order valence-corrected chi connectivity index (χ2v) is 22.7. The topological polar surface area (TPSA) is 78.9 Å². The Morgan fingerprint density at radius 1 is 0.273 bits per heavy atom. The average molecular weight is 1080 g/mol. The fourth-order valence-corrected chi connectivity index (χ4v) is 9.96. The molecule has 0 bridgehead atoms. The normalized spacial score (nSPS) is 12.4. The SMILES string of the molecule is CC/C=C\C/C=C\C/C=C\C/C=C\CCCCCCCCCCC(=O)OCC(COC(=O)CCCCCCCCC/C=C\CCCCCCCCC)OC(=O)CCCCCCCCCCCCCCCCCCCCCC. The summed E-state index contributed by atoms with van der Waals surface area (Å²) in [7, 11) is 0. The molecule has 0 spiro atoms. The first-order chi connectivity index (χ1) is 38.0. The van der Waals surface area contributed by atoms with Crippen LogP contribution in [0.2, 0.25) is 0 Å². The highest BCUT2D eigenvalue weighted by molar-refractivity contribution is 5.71. The van der Waals surface area contributed by atoms with Crippen molar-refractivity contribution in [3.05, 3.63) is 60.8 Å². The Morgan fingerprint density at radius 3 is 0.805 bits per heavy atom. The van der Waals surface area contributed by atoms with Crippen LogP contribution in [-0.2, 0) is 28.6 Å². The fraction of sp³-hybridized carbons (Fsp3) is 0.817. The number of unbranched alkanes of at least 4 members (excludes halogenated alkanes) is 41. The molecule has 0 aliphatic heterocycles. The minimum atomic E-state index is -0.779. The Hall–Kier alpha value is -2.89. The highest BCUT2D eigenvalue weighted by atomic mass is 16.6. The summed E-state index contributed by atoms with van der Waals surface area (Å²) in [5, 5.41) is 0. The quantitative estimate of drug-likeness (QED) is 0.0261. The minimum absolute atomic E-state index is 0.0754. The Bertz CT molecular complexity index is 1380. The monoisotopic (exact) mass is 1080 g/mol. The minimum Gasteiger partial charge on any atom is -0.462 e. The van der Waals surface area contributed by atoms with Crippen LogP contribution < -0.4 is 0 Å². The predicted octanol–water partition coefficient (Wildman–Crippen LogP) is 23.1. The van der Waals surface area contributed by atoms with E-state index < -0.39 is 6.10 Å². The standard InChI is InChI=1S/C71H128O6/c1-4-7-10-13-16-19-22-25-28-31-34-36-38-40-43-46-49-52-55-58-61-64-70(73)76-67-68(66-75-69(72)63-60-57-54-51-48-45-42-39-33-30-27-24-21-18-15-12-9-6-3)77-71(74)65-62-59-56-53-50-47-44-41-37-35-32-29-26-23-20-17-14-11-8-5-2/h7,10,16,19,25,28,30,33-34,36,68H,4-6,8-9,11-15,17-18,20-24,26-27,29,31-32,35,37-67H2,1-3H3/b10-7-,19-16-,28-25-,33-30-,36-34-. The predicted molar refractivity (Wildman–Crippen MR) is 335 cm³/mol. The lowest BCUT2D eigenvalue weighted by molar-refractivity contribution is -0.167. The number of ether oxygens (including phenoxy) is 3. The van der Waals surface area contributed by atoms with Gasteiger partial charge in [0, 0.05) is 19.3 Å².